The summed E-state index contributed by atoms with van der Waals surface area (Å²) in [5.41, 5.74) is 6.72. The molecule has 0 unspecified atom stereocenters. The maximum Gasteiger partial charge on any atom is 0.261 e. The molecule has 1 amide bonds. The minimum Gasteiger partial charge on any atom is -0.481 e. The van der Waals surface area contributed by atoms with Gasteiger partial charge >= 0.3 is 0 Å². The van der Waals surface area contributed by atoms with Crippen molar-refractivity contribution in [2.75, 3.05) is 18.2 Å². The van der Waals surface area contributed by atoms with E-state index < -0.39 is 5.91 Å². The summed E-state index contributed by atoms with van der Waals surface area (Å²) in [4.78, 5) is 24.0. The van der Waals surface area contributed by atoms with E-state index in [2.05, 4.69) is 20.3 Å². The predicted molar refractivity (Wildman–Crippen MR) is 74.9 cm³/mol. The van der Waals surface area contributed by atoms with E-state index in [9.17, 15) is 4.79 Å². The van der Waals surface area contributed by atoms with Gasteiger partial charge in [-0.05, 0) is 13.0 Å². The van der Waals surface area contributed by atoms with Crippen LogP contribution < -0.4 is 15.8 Å². The number of rotatable bonds is 3. The van der Waals surface area contributed by atoms with Gasteiger partial charge in [0.25, 0.3) is 5.91 Å². The quantitative estimate of drug-likeness (QED) is 0.835. The normalized spacial score (nSPS) is 10.2. The fraction of sp³-hybridized carbons (Fsp3) is 0.167. The molecule has 0 aliphatic carbocycles. The van der Waals surface area contributed by atoms with Gasteiger partial charge < -0.3 is 10.5 Å². The topological polar surface area (TPSA) is 103 Å². The Morgan fingerprint density at radius 3 is 2.85 bits per heavy atom. The first kappa shape index (κ1) is 14.0. The number of methoxy groups -OCH3 is 1. The van der Waals surface area contributed by atoms with Crippen LogP contribution in [0, 0.1) is 6.92 Å². The summed E-state index contributed by atoms with van der Waals surface area (Å²) in [7, 11) is 1.48. The molecule has 0 radical (unpaired) electrons. The van der Waals surface area contributed by atoms with Crippen molar-refractivity contribution >= 4 is 29.1 Å². The Morgan fingerprint density at radius 2 is 2.15 bits per heavy atom. The molecular weight excluding hydrogens is 282 g/mol. The average molecular weight is 294 g/mol. The molecule has 0 aromatic carbocycles. The van der Waals surface area contributed by atoms with Crippen molar-refractivity contribution < 1.29 is 9.53 Å². The molecule has 0 aliphatic rings. The minimum absolute atomic E-state index is 0.0521. The van der Waals surface area contributed by atoms with Gasteiger partial charge in [0.05, 0.1) is 24.6 Å². The lowest BCUT2D eigenvalue weighted by molar-refractivity contribution is 0.102. The summed E-state index contributed by atoms with van der Waals surface area (Å²) in [5, 5.41) is 2.57. The maximum atomic E-state index is 12.1. The van der Waals surface area contributed by atoms with Crippen molar-refractivity contribution in [1.82, 2.24) is 15.0 Å². The number of pyridine rings is 1. The third-order valence-electron chi connectivity index (χ3n) is 2.37. The molecule has 0 bridgehead atoms. The van der Waals surface area contributed by atoms with Gasteiger partial charge in [0.15, 0.2) is 0 Å². The molecule has 2 aromatic heterocycles. The third kappa shape index (κ3) is 3.12. The summed E-state index contributed by atoms with van der Waals surface area (Å²) in [5.74, 6) is -0.0302. The molecule has 0 atom stereocenters. The second kappa shape index (κ2) is 5.70. The van der Waals surface area contributed by atoms with Gasteiger partial charge in [-0.3, -0.25) is 10.1 Å². The maximum absolute atomic E-state index is 12.1. The number of hydrogen-bond donors (Lipinski definition) is 2. The number of nitrogens with zero attached hydrogens (tertiary/aromatic N) is 3. The van der Waals surface area contributed by atoms with Crippen LogP contribution >= 0.6 is 11.6 Å². The molecule has 0 aliphatic heterocycles. The van der Waals surface area contributed by atoms with Crippen LogP contribution in [0.3, 0.4) is 0 Å². The molecule has 2 heterocycles. The molecular formula is C12H12ClN5O2. The lowest BCUT2D eigenvalue weighted by Crippen LogP contribution is -2.16. The molecule has 7 nitrogen and oxygen atoms in total. The van der Waals surface area contributed by atoms with Gasteiger partial charge in [-0.1, -0.05) is 11.6 Å². The molecule has 0 saturated carbocycles. The van der Waals surface area contributed by atoms with Crippen molar-refractivity contribution in [3.05, 3.63) is 34.7 Å². The molecule has 3 N–H and O–H groups in total. The van der Waals surface area contributed by atoms with E-state index in [4.69, 9.17) is 22.1 Å². The van der Waals surface area contributed by atoms with E-state index in [1.807, 2.05) is 0 Å². The van der Waals surface area contributed by atoms with Gasteiger partial charge in [-0.25, -0.2) is 9.97 Å². The van der Waals surface area contributed by atoms with Gasteiger partial charge in [0, 0.05) is 11.8 Å². The predicted octanol–water partition coefficient (Wildman–Crippen LogP) is 1.68. The number of halogens is 1. The van der Waals surface area contributed by atoms with E-state index in [1.165, 1.54) is 19.4 Å². The highest BCUT2D eigenvalue weighted by atomic mass is 35.5. The molecule has 2 aromatic rings. The SMILES string of the molecule is COc1cc(C)nc(NC(=O)c2cc(N)cnc2Cl)n1. The molecule has 2 rings (SSSR count). The number of nitrogens with two attached hydrogens (primary N) is 1. The molecule has 0 saturated heterocycles. The first-order chi connectivity index (χ1) is 9.49. The van der Waals surface area contributed by atoms with Gasteiger partial charge in [0.2, 0.25) is 11.8 Å². The highest BCUT2D eigenvalue weighted by molar-refractivity contribution is 6.33. The van der Waals surface area contributed by atoms with Gasteiger partial charge in [-0.15, -0.1) is 0 Å². The Morgan fingerprint density at radius 1 is 1.40 bits per heavy atom. The monoisotopic (exact) mass is 293 g/mol. The molecule has 0 spiro atoms. The molecule has 20 heavy (non-hydrogen) atoms. The van der Waals surface area contributed by atoms with Crippen LogP contribution in [0.5, 0.6) is 5.88 Å². The number of amides is 1. The van der Waals surface area contributed by atoms with Crippen molar-refractivity contribution in [1.29, 1.82) is 0 Å². The number of ether oxygens (including phenoxy) is 1. The van der Waals surface area contributed by atoms with Gasteiger partial charge in [0.1, 0.15) is 5.15 Å². The number of carbonyl (C=O) groups excluding carboxylic acids is 1. The van der Waals surface area contributed by atoms with Crippen molar-refractivity contribution in [2.45, 2.75) is 6.92 Å². The number of hydrogen-bond acceptors (Lipinski definition) is 6. The summed E-state index contributed by atoms with van der Waals surface area (Å²) in [6.45, 7) is 1.76. The standard InChI is InChI=1S/C12H12ClN5O2/c1-6-3-9(20-2)17-12(16-6)18-11(19)8-4-7(14)5-15-10(8)13/h3-5H,14H2,1-2H3,(H,16,17,18,19). The number of nitrogens with one attached hydrogen (secondary N) is 1. The lowest BCUT2D eigenvalue weighted by atomic mass is 10.2. The zero-order chi connectivity index (χ0) is 14.7. The number of nitrogen functional groups attached to an aromatic ring is 1. The van der Waals surface area contributed by atoms with E-state index in [0.29, 0.717) is 17.3 Å². The average Bonchev–Trinajstić information content (AvgIpc) is 2.40. The van der Waals surface area contributed by atoms with Gasteiger partial charge in [-0.2, -0.15) is 4.98 Å². The Bertz CT molecular complexity index is 662. The Hall–Kier alpha value is -2.41. The van der Waals surface area contributed by atoms with Crippen LogP contribution in [0.15, 0.2) is 18.3 Å². The smallest absolute Gasteiger partial charge is 0.261 e. The van der Waals surface area contributed by atoms with E-state index in [0.717, 1.165) is 0 Å². The highest BCUT2D eigenvalue weighted by Gasteiger charge is 2.14. The summed E-state index contributed by atoms with van der Waals surface area (Å²) < 4.78 is 5.00. The minimum atomic E-state index is -0.498. The van der Waals surface area contributed by atoms with Crippen LogP contribution in [0.4, 0.5) is 11.6 Å². The van der Waals surface area contributed by atoms with Crippen LogP contribution in [0.1, 0.15) is 16.1 Å². The second-order valence-corrected chi connectivity index (χ2v) is 4.29. The third-order valence-corrected chi connectivity index (χ3v) is 2.67. The van der Waals surface area contributed by atoms with E-state index >= 15 is 0 Å². The van der Waals surface area contributed by atoms with E-state index in [-0.39, 0.29) is 16.7 Å². The number of aryl methyl sites for hydroxylation is 1. The zero-order valence-corrected chi connectivity index (χ0v) is 11.6. The largest absolute Gasteiger partial charge is 0.481 e. The van der Waals surface area contributed by atoms with E-state index in [1.54, 1.807) is 13.0 Å². The van der Waals surface area contributed by atoms with Crippen LogP contribution in [0.25, 0.3) is 0 Å². The highest BCUT2D eigenvalue weighted by Crippen LogP contribution is 2.17. The molecule has 8 heteroatoms. The Balaban J connectivity index is 2.27. The first-order valence-corrected chi connectivity index (χ1v) is 5.99. The number of anilines is 2. The van der Waals surface area contributed by atoms with Crippen LogP contribution in [-0.4, -0.2) is 28.0 Å². The van der Waals surface area contributed by atoms with Crippen molar-refractivity contribution in [3.63, 3.8) is 0 Å². The lowest BCUT2D eigenvalue weighted by Gasteiger charge is -2.07. The summed E-state index contributed by atoms with van der Waals surface area (Å²) in [6.07, 6.45) is 1.37. The summed E-state index contributed by atoms with van der Waals surface area (Å²) >= 11 is 5.85. The molecule has 0 fully saturated rings. The summed E-state index contributed by atoms with van der Waals surface area (Å²) in [6, 6.07) is 3.07. The van der Waals surface area contributed by atoms with Crippen molar-refractivity contribution in [2.24, 2.45) is 0 Å². The Labute approximate surface area is 120 Å². The van der Waals surface area contributed by atoms with Crippen LogP contribution in [-0.2, 0) is 0 Å². The second-order valence-electron chi connectivity index (χ2n) is 3.94. The number of aromatic nitrogens is 3. The molecule has 104 valence electrons. The van der Waals surface area contributed by atoms with Crippen LogP contribution in [0.2, 0.25) is 5.15 Å². The fourth-order valence-corrected chi connectivity index (χ4v) is 1.68. The first-order valence-electron chi connectivity index (χ1n) is 5.61. The number of carbonyl (C=O) groups is 1. The van der Waals surface area contributed by atoms with Crippen molar-refractivity contribution in [3.8, 4) is 5.88 Å². The Kier molecular flexibility index (Phi) is 3.99. The fourth-order valence-electron chi connectivity index (χ4n) is 1.49. The zero-order valence-electron chi connectivity index (χ0n) is 10.8.